The molecule has 1 unspecified atom stereocenters. The lowest BCUT2D eigenvalue weighted by molar-refractivity contribution is -0.138. The molecule has 3 heterocycles. The molecule has 0 saturated carbocycles. The third-order valence-electron chi connectivity index (χ3n) is 6.27. The maximum atomic E-state index is 14.4. The molecule has 2 aliphatic heterocycles. The van der Waals surface area contributed by atoms with Gasteiger partial charge in [-0.2, -0.15) is 5.53 Å². The molecule has 1 fully saturated rings. The third-order valence-corrected chi connectivity index (χ3v) is 6.27. The van der Waals surface area contributed by atoms with Crippen molar-refractivity contribution in [2.75, 3.05) is 6.54 Å². The predicted molar refractivity (Wildman–Crippen MR) is 127 cm³/mol. The first kappa shape index (κ1) is 23.7. The first-order valence-corrected chi connectivity index (χ1v) is 11.5. The van der Waals surface area contributed by atoms with Gasteiger partial charge >= 0.3 is 0 Å². The van der Waals surface area contributed by atoms with E-state index < -0.39 is 18.3 Å². The number of carbonyl (C=O) groups is 2. The second-order valence-corrected chi connectivity index (χ2v) is 9.11. The predicted octanol–water partition coefficient (Wildman–Crippen LogP) is 2.50. The zero-order valence-corrected chi connectivity index (χ0v) is 19.6. The fourth-order valence-electron chi connectivity index (χ4n) is 4.51. The van der Waals surface area contributed by atoms with Gasteiger partial charge in [-0.25, -0.2) is 4.39 Å². The van der Waals surface area contributed by atoms with E-state index in [0.29, 0.717) is 17.3 Å². The number of aryl methyl sites for hydroxylation is 1. The Morgan fingerprint density at radius 1 is 1.26 bits per heavy atom. The van der Waals surface area contributed by atoms with E-state index in [1.807, 2.05) is 49.5 Å². The summed E-state index contributed by atoms with van der Waals surface area (Å²) in [5.41, 5.74) is 12.6. The molecule has 1 aromatic carbocycles. The number of rotatable bonds is 7. The normalized spacial score (nSPS) is 20.5. The standard InChI is InChI=1S/C25H31FN6O2/c1-15(2)20-13-27-21(9-16(20)3)24(17-7-5-4-6-8-17)29-25(34)22-10-18(26)14-32(22)23(33)11-19-12-28-31-30-19/h4-9,12-13,15,18,22,24,28,30-31H,10-11,14H2,1-3H3,(H,29,34)/t18-,22+,24?/m1/s1. The Bertz CT molecular complexity index is 1070. The van der Waals surface area contributed by atoms with Gasteiger partial charge in [0.15, 0.2) is 0 Å². The van der Waals surface area contributed by atoms with E-state index in [0.717, 1.165) is 16.7 Å². The molecule has 4 N–H and O–H groups in total. The van der Waals surface area contributed by atoms with Crippen LogP contribution in [-0.2, 0) is 9.59 Å². The SMILES string of the molecule is Cc1cc(C(NC(=O)[C@@H]2C[C@@H](F)CN2C(=O)CC2=CNNN2)c2ccccc2)ncc1C(C)C. The highest BCUT2D eigenvalue weighted by Crippen LogP contribution is 2.27. The number of halogens is 1. The fourth-order valence-corrected chi connectivity index (χ4v) is 4.51. The number of hydrazine groups is 2. The summed E-state index contributed by atoms with van der Waals surface area (Å²) < 4.78 is 14.4. The number of nitrogens with zero attached hydrogens (tertiary/aromatic N) is 2. The van der Waals surface area contributed by atoms with Crippen molar-refractivity contribution in [1.29, 1.82) is 0 Å². The lowest BCUT2D eigenvalue weighted by atomic mass is 9.96. The van der Waals surface area contributed by atoms with Crippen molar-refractivity contribution in [2.24, 2.45) is 0 Å². The van der Waals surface area contributed by atoms with Crippen LogP contribution in [-0.4, -0.2) is 40.5 Å². The smallest absolute Gasteiger partial charge is 0.243 e. The van der Waals surface area contributed by atoms with Crippen molar-refractivity contribution in [1.82, 2.24) is 31.6 Å². The van der Waals surface area contributed by atoms with E-state index in [1.165, 1.54) is 4.90 Å². The Kier molecular flexibility index (Phi) is 7.12. The van der Waals surface area contributed by atoms with Crippen LogP contribution in [0.5, 0.6) is 0 Å². The number of hydrogen-bond donors (Lipinski definition) is 4. The van der Waals surface area contributed by atoms with Crippen LogP contribution in [0.25, 0.3) is 0 Å². The van der Waals surface area contributed by atoms with Gasteiger partial charge in [-0.15, -0.1) is 0 Å². The Labute approximate surface area is 199 Å². The number of carbonyl (C=O) groups excluding carboxylic acids is 2. The summed E-state index contributed by atoms with van der Waals surface area (Å²) in [7, 11) is 0. The summed E-state index contributed by atoms with van der Waals surface area (Å²) in [6.45, 7) is 6.16. The molecule has 0 radical (unpaired) electrons. The monoisotopic (exact) mass is 466 g/mol. The van der Waals surface area contributed by atoms with Crippen LogP contribution in [0.3, 0.4) is 0 Å². The average molecular weight is 467 g/mol. The molecule has 2 aliphatic rings. The molecule has 2 amide bonds. The second kappa shape index (κ2) is 10.2. The number of aromatic nitrogens is 1. The van der Waals surface area contributed by atoms with E-state index in [1.54, 1.807) is 6.20 Å². The minimum atomic E-state index is -1.25. The van der Waals surface area contributed by atoms with Crippen molar-refractivity contribution in [3.8, 4) is 0 Å². The molecule has 0 bridgehead atoms. The van der Waals surface area contributed by atoms with E-state index >= 15 is 0 Å². The molecule has 34 heavy (non-hydrogen) atoms. The number of pyridine rings is 1. The van der Waals surface area contributed by atoms with Gasteiger partial charge < -0.3 is 21.1 Å². The molecule has 1 aromatic heterocycles. The van der Waals surface area contributed by atoms with Crippen molar-refractivity contribution in [3.63, 3.8) is 0 Å². The summed E-state index contributed by atoms with van der Waals surface area (Å²) >= 11 is 0. The summed E-state index contributed by atoms with van der Waals surface area (Å²) in [6, 6.07) is 10.1. The Hall–Kier alpha value is -3.46. The number of hydrogen-bond acceptors (Lipinski definition) is 6. The third kappa shape index (κ3) is 5.20. The largest absolute Gasteiger partial charge is 0.342 e. The average Bonchev–Trinajstić information content (AvgIpc) is 3.47. The van der Waals surface area contributed by atoms with Gasteiger partial charge in [0.25, 0.3) is 0 Å². The quantitative estimate of drug-likeness (QED) is 0.501. The number of nitrogens with one attached hydrogen (secondary N) is 4. The Balaban J connectivity index is 1.57. The molecule has 4 rings (SSSR count). The first-order valence-electron chi connectivity index (χ1n) is 11.5. The summed E-state index contributed by atoms with van der Waals surface area (Å²) in [5.74, 6) is -0.365. The summed E-state index contributed by atoms with van der Waals surface area (Å²) in [6.07, 6.45) is 2.24. The number of likely N-dealkylation sites (tertiary alicyclic amines) is 1. The molecule has 8 nitrogen and oxygen atoms in total. The van der Waals surface area contributed by atoms with Gasteiger partial charge in [0.2, 0.25) is 11.8 Å². The van der Waals surface area contributed by atoms with Crippen molar-refractivity contribution >= 4 is 11.8 Å². The molecular weight excluding hydrogens is 435 g/mol. The highest BCUT2D eigenvalue weighted by atomic mass is 19.1. The van der Waals surface area contributed by atoms with E-state index in [4.69, 9.17) is 0 Å². The topological polar surface area (TPSA) is 98.4 Å². The number of benzene rings is 1. The maximum absolute atomic E-state index is 14.4. The van der Waals surface area contributed by atoms with Crippen LogP contribution in [0.1, 0.15) is 61.0 Å². The van der Waals surface area contributed by atoms with Gasteiger partial charge in [-0.1, -0.05) is 44.2 Å². The minimum Gasteiger partial charge on any atom is -0.342 e. The van der Waals surface area contributed by atoms with Crippen LogP contribution < -0.4 is 21.7 Å². The number of alkyl halides is 1. The van der Waals surface area contributed by atoms with E-state index in [-0.39, 0.29) is 31.2 Å². The summed E-state index contributed by atoms with van der Waals surface area (Å²) in [4.78, 5) is 32.3. The Morgan fingerprint density at radius 2 is 2.03 bits per heavy atom. The number of amides is 2. The molecule has 2 aromatic rings. The van der Waals surface area contributed by atoms with Gasteiger partial charge in [-0.3, -0.25) is 14.6 Å². The van der Waals surface area contributed by atoms with E-state index in [2.05, 4.69) is 40.5 Å². The zero-order valence-electron chi connectivity index (χ0n) is 19.6. The zero-order chi connectivity index (χ0) is 24.2. The van der Waals surface area contributed by atoms with Crippen LogP contribution in [0.15, 0.2) is 54.5 Å². The van der Waals surface area contributed by atoms with E-state index in [9.17, 15) is 14.0 Å². The van der Waals surface area contributed by atoms with Crippen LogP contribution >= 0.6 is 0 Å². The van der Waals surface area contributed by atoms with Crippen molar-refractivity contribution < 1.29 is 14.0 Å². The van der Waals surface area contributed by atoms with Crippen molar-refractivity contribution in [3.05, 3.63) is 76.9 Å². The van der Waals surface area contributed by atoms with Gasteiger partial charge in [0, 0.05) is 18.8 Å². The van der Waals surface area contributed by atoms with Gasteiger partial charge in [0.05, 0.1) is 30.4 Å². The van der Waals surface area contributed by atoms with Gasteiger partial charge in [0.1, 0.15) is 12.2 Å². The van der Waals surface area contributed by atoms with Crippen molar-refractivity contribution in [2.45, 2.75) is 57.8 Å². The lowest BCUT2D eigenvalue weighted by Gasteiger charge is -2.27. The summed E-state index contributed by atoms with van der Waals surface area (Å²) in [5, 5.41) is 3.05. The maximum Gasteiger partial charge on any atom is 0.243 e. The van der Waals surface area contributed by atoms with Crippen LogP contribution in [0, 0.1) is 6.92 Å². The fraction of sp³-hybridized carbons (Fsp3) is 0.400. The molecule has 3 atom stereocenters. The van der Waals surface area contributed by atoms with Gasteiger partial charge in [-0.05, 0) is 35.6 Å². The molecule has 180 valence electrons. The molecule has 9 heteroatoms. The lowest BCUT2D eigenvalue weighted by Crippen LogP contribution is -2.47. The highest BCUT2D eigenvalue weighted by Gasteiger charge is 2.40. The minimum absolute atomic E-state index is 0.0270. The second-order valence-electron chi connectivity index (χ2n) is 9.11. The molecular formula is C25H31FN6O2. The first-order chi connectivity index (χ1) is 16.3. The highest BCUT2D eigenvalue weighted by molar-refractivity contribution is 5.89. The molecule has 0 aliphatic carbocycles. The molecule has 0 spiro atoms. The van der Waals surface area contributed by atoms with Crippen LogP contribution in [0.4, 0.5) is 4.39 Å². The van der Waals surface area contributed by atoms with Crippen LogP contribution in [0.2, 0.25) is 0 Å². The Morgan fingerprint density at radius 3 is 2.68 bits per heavy atom. The molecule has 1 saturated heterocycles.